The maximum absolute atomic E-state index is 6.69. The molecule has 11 rings (SSSR count). The van der Waals surface area contributed by atoms with Crippen LogP contribution in [0.4, 0.5) is 0 Å². The number of benzene rings is 7. The molecule has 0 aliphatic carbocycles. The van der Waals surface area contributed by atoms with Gasteiger partial charge in [0.25, 0.3) is 0 Å². The van der Waals surface area contributed by atoms with E-state index in [-0.39, 0.29) is 31.9 Å². The van der Waals surface area contributed by atoms with E-state index in [0.717, 1.165) is 88.8 Å². The molecule has 0 spiro atoms. The van der Waals surface area contributed by atoms with E-state index in [1.54, 1.807) is 6.20 Å². The van der Waals surface area contributed by atoms with Crippen LogP contribution in [0.5, 0.6) is 0 Å². The van der Waals surface area contributed by atoms with Gasteiger partial charge < -0.3 is 18.4 Å². The fourth-order valence-corrected chi connectivity index (χ4v) is 8.39. The van der Waals surface area contributed by atoms with Crippen LogP contribution in [0.25, 0.3) is 94.4 Å². The van der Waals surface area contributed by atoms with E-state index < -0.39 is 0 Å². The fraction of sp³-hybridized carbons (Fsp3) is 0.111. The van der Waals surface area contributed by atoms with Crippen molar-refractivity contribution in [3.63, 3.8) is 0 Å². The molecule has 1 radical (unpaired) electrons. The first kappa shape index (κ1) is 38.9. The Morgan fingerprint density at radius 2 is 1.35 bits per heavy atom. The van der Waals surface area contributed by atoms with Crippen molar-refractivity contribution >= 4 is 54.9 Å². The van der Waals surface area contributed by atoms with Gasteiger partial charge in [-0.2, -0.15) is 0 Å². The smallest absolute Gasteiger partial charge is 0.136 e. The van der Waals surface area contributed by atoms with Crippen molar-refractivity contribution in [2.24, 2.45) is 0 Å². The first-order chi connectivity index (χ1) is 28.9. The molecule has 0 bridgehead atoms. The Kier molecular flexibility index (Phi) is 10.5. The molecule has 295 valence electrons. The van der Waals surface area contributed by atoms with Gasteiger partial charge in [0.15, 0.2) is 0 Å². The summed E-state index contributed by atoms with van der Waals surface area (Å²) in [5, 5.41) is 4.43. The molecule has 0 N–H and O–H groups in total. The summed E-state index contributed by atoms with van der Waals surface area (Å²) < 4.78 is 15.5. The van der Waals surface area contributed by atoms with Gasteiger partial charge in [-0.25, -0.2) is 0 Å². The quantitative estimate of drug-likeness (QED) is 0.156. The summed E-state index contributed by atoms with van der Waals surface area (Å²) >= 11 is 0. The second kappa shape index (κ2) is 16.2. The number of pyridine rings is 1. The zero-order valence-corrected chi connectivity index (χ0v) is 36.1. The van der Waals surface area contributed by atoms with E-state index in [9.17, 15) is 0 Å². The third-order valence-corrected chi connectivity index (χ3v) is 11.1. The molecule has 6 heteroatoms. The Morgan fingerprint density at radius 1 is 0.583 bits per heavy atom. The largest absolute Gasteiger partial charge is 0.501 e. The van der Waals surface area contributed by atoms with Gasteiger partial charge >= 0.3 is 0 Å². The second-order valence-corrected chi connectivity index (χ2v) is 15.5. The predicted octanol–water partition coefficient (Wildman–Crippen LogP) is 14.8. The number of para-hydroxylation sites is 3. The molecule has 11 aromatic rings. The minimum absolute atomic E-state index is 0. The molecule has 0 unspecified atom stereocenters. The van der Waals surface area contributed by atoms with Crippen LogP contribution in [0.15, 0.2) is 173 Å². The van der Waals surface area contributed by atoms with Gasteiger partial charge in [-0.1, -0.05) is 118 Å². The minimum atomic E-state index is 0. The third kappa shape index (κ3) is 6.82. The van der Waals surface area contributed by atoms with E-state index in [4.69, 9.17) is 13.8 Å². The van der Waals surface area contributed by atoms with Crippen LogP contribution >= 0.6 is 0 Å². The molecule has 0 aliphatic rings. The average molecular weight is 956 g/mol. The van der Waals surface area contributed by atoms with Crippen molar-refractivity contribution < 1.29 is 28.9 Å². The Balaban J connectivity index is 0.000000306. The van der Waals surface area contributed by atoms with Crippen LogP contribution in [0.2, 0.25) is 0 Å². The van der Waals surface area contributed by atoms with Gasteiger partial charge in [0.2, 0.25) is 0 Å². The minimum Gasteiger partial charge on any atom is -0.501 e. The van der Waals surface area contributed by atoms with Gasteiger partial charge in [0.05, 0.1) is 22.4 Å². The summed E-state index contributed by atoms with van der Waals surface area (Å²) in [6.45, 7) is 9.07. The van der Waals surface area contributed by atoms with Crippen LogP contribution in [0.1, 0.15) is 50.7 Å². The molecular formula is C54H41IrN3O2-2. The van der Waals surface area contributed by atoms with E-state index in [0.29, 0.717) is 0 Å². The van der Waals surface area contributed by atoms with Crippen molar-refractivity contribution in [1.82, 2.24) is 14.5 Å². The number of furan rings is 2. The number of hydrogen-bond acceptors (Lipinski definition) is 4. The molecule has 0 saturated heterocycles. The van der Waals surface area contributed by atoms with Crippen LogP contribution < -0.4 is 0 Å². The van der Waals surface area contributed by atoms with Crippen LogP contribution in [0.3, 0.4) is 0 Å². The summed E-state index contributed by atoms with van der Waals surface area (Å²) in [5.41, 5.74) is 14.3. The summed E-state index contributed by atoms with van der Waals surface area (Å²) in [6, 6.07) is 60.4. The van der Waals surface area contributed by atoms with Gasteiger partial charge in [-0.3, -0.25) is 4.98 Å². The van der Waals surface area contributed by atoms with Crippen LogP contribution in [0, 0.1) is 12.1 Å². The number of hydrogen-bond donors (Lipinski definition) is 0. The zero-order chi connectivity index (χ0) is 40.0. The van der Waals surface area contributed by atoms with Crippen molar-refractivity contribution in [1.29, 1.82) is 0 Å². The molecule has 0 aliphatic heterocycles. The van der Waals surface area contributed by atoms with Crippen molar-refractivity contribution in [3.05, 3.63) is 187 Å². The van der Waals surface area contributed by atoms with Crippen LogP contribution in [-0.2, 0) is 20.1 Å². The Labute approximate surface area is 362 Å². The van der Waals surface area contributed by atoms with Gasteiger partial charge in [-0.15, -0.1) is 54.1 Å². The Hall–Kier alpha value is -6.59. The molecule has 7 aromatic carbocycles. The Morgan fingerprint density at radius 3 is 2.13 bits per heavy atom. The molecule has 60 heavy (non-hydrogen) atoms. The first-order valence-corrected chi connectivity index (χ1v) is 20.2. The summed E-state index contributed by atoms with van der Waals surface area (Å²) in [7, 11) is 0. The molecule has 4 aromatic heterocycles. The maximum atomic E-state index is 6.69. The van der Waals surface area contributed by atoms with Gasteiger partial charge in [0.1, 0.15) is 16.7 Å². The van der Waals surface area contributed by atoms with Gasteiger partial charge in [0, 0.05) is 48.1 Å². The topological polar surface area (TPSA) is 57.0 Å². The molecule has 5 nitrogen and oxygen atoms in total. The van der Waals surface area contributed by atoms with Gasteiger partial charge in [-0.05, 0) is 82.2 Å². The van der Waals surface area contributed by atoms with E-state index >= 15 is 0 Å². The number of aromatic nitrogens is 3. The van der Waals surface area contributed by atoms with Crippen LogP contribution in [-0.4, -0.2) is 14.5 Å². The van der Waals surface area contributed by atoms with E-state index in [1.165, 1.54) is 16.7 Å². The summed E-state index contributed by atoms with van der Waals surface area (Å²) in [6.07, 6.45) is 1.79. The van der Waals surface area contributed by atoms with Crippen molar-refractivity contribution in [2.45, 2.75) is 39.5 Å². The summed E-state index contributed by atoms with van der Waals surface area (Å²) in [4.78, 5) is 9.54. The first-order valence-electron chi connectivity index (χ1n) is 20.2. The molecule has 4 heterocycles. The summed E-state index contributed by atoms with van der Waals surface area (Å²) in [5.74, 6) is 1.26. The van der Waals surface area contributed by atoms with Crippen molar-refractivity contribution in [2.75, 3.05) is 0 Å². The molecular weight excluding hydrogens is 915 g/mol. The standard InChI is InChI=1S/C43H33N2O2.C11H8N.Ir/c1-25(2)32-24-38-40(30-15-8-11-20-36(30)46-38)39(26(3)4)41(32)45-35-19-10-9-18-34(35)44-43(45)31-17-12-16-29-33-23-28(27-13-6-5-7-14-27)21-22-37(33)47-42(29)31;1-2-6-10(7-3-1)11-8-4-5-9-12-11;/h5-16,18-26H,1-4H3;1-6,8-9H;/q2*-1;. The SMILES string of the molecule is CC(C)c1cc2oc3ccccc3c2c(C(C)C)c1-n1c(-c2[c-]ccc3c2oc2ccc(-c4ccccc4)cc23)nc2ccccc21.[Ir].[c-]1ccccc1-c1ccccn1. The molecule has 0 atom stereocenters. The maximum Gasteiger partial charge on any atom is 0.136 e. The zero-order valence-electron chi connectivity index (χ0n) is 33.7. The van der Waals surface area contributed by atoms with E-state index in [1.807, 2.05) is 60.7 Å². The number of fused-ring (bicyclic) bond motifs is 7. The van der Waals surface area contributed by atoms with E-state index in [2.05, 4.69) is 146 Å². The molecule has 0 saturated carbocycles. The predicted molar refractivity (Wildman–Crippen MR) is 242 cm³/mol. The monoisotopic (exact) mass is 956 g/mol. The number of imidazole rings is 1. The van der Waals surface area contributed by atoms with Crippen molar-refractivity contribution in [3.8, 4) is 39.5 Å². The fourth-order valence-electron chi connectivity index (χ4n) is 8.39. The number of nitrogens with zero attached hydrogens (tertiary/aromatic N) is 3. The third-order valence-electron chi connectivity index (χ3n) is 11.1. The number of rotatable bonds is 6. The molecule has 0 amide bonds. The Bertz CT molecular complexity index is 3230. The average Bonchev–Trinajstić information content (AvgIpc) is 3.98. The normalized spacial score (nSPS) is 11.5. The molecule has 0 fully saturated rings. The second-order valence-electron chi connectivity index (χ2n) is 15.5.